The summed E-state index contributed by atoms with van der Waals surface area (Å²) in [6.07, 6.45) is 5.78. The maximum Gasteiger partial charge on any atom is 0.202 e. The summed E-state index contributed by atoms with van der Waals surface area (Å²) >= 11 is 0. The van der Waals surface area contributed by atoms with Gasteiger partial charge < -0.3 is 0 Å². The van der Waals surface area contributed by atoms with E-state index in [2.05, 4.69) is 17.0 Å². The molecule has 1 saturated carbocycles. The summed E-state index contributed by atoms with van der Waals surface area (Å²) in [5, 5.41) is 3.93. The van der Waals surface area contributed by atoms with Gasteiger partial charge in [-0.15, -0.1) is 0 Å². The predicted molar refractivity (Wildman–Crippen MR) is 56.5 cm³/mol. The third kappa shape index (κ3) is 2.08. The molecular weight excluding hydrogens is 190 g/mol. The minimum absolute atomic E-state index is 0.168. The number of ketones is 1. The number of aromatic nitrogens is 3. The summed E-state index contributed by atoms with van der Waals surface area (Å²) in [6.45, 7) is 2.25. The molecule has 0 radical (unpaired) electrons. The lowest BCUT2D eigenvalue weighted by molar-refractivity contribution is 0.0860. The molecule has 1 fully saturated rings. The van der Waals surface area contributed by atoms with Crippen molar-refractivity contribution in [3.8, 4) is 0 Å². The molecule has 0 unspecified atom stereocenters. The molecule has 1 aliphatic carbocycles. The second kappa shape index (κ2) is 4.13. The fourth-order valence-electron chi connectivity index (χ4n) is 2.22. The van der Waals surface area contributed by atoms with Crippen molar-refractivity contribution in [2.45, 2.75) is 32.6 Å². The van der Waals surface area contributed by atoms with Crippen molar-refractivity contribution >= 4 is 5.78 Å². The summed E-state index contributed by atoms with van der Waals surface area (Å²) in [6, 6.07) is 0. The van der Waals surface area contributed by atoms with E-state index < -0.39 is 0 Å². The Hall–Kier alpha value is -1.19. The van der Waals surface area contributed by atoms with E-state index in [4.69, 9.17) is 0 Å². The number of hydrogen-bond donors (Lipinski definition) is 0. The molecule has 1 heterocycles. The Morgan fingerprint density at radius 3 is 2.60 bits per heavy atom. The molecule has 82 valence electrons. The lowest BCUT2D eigenvalue weighted by atomic mass is 9.81. The summed E-state index contributed by atoms with van der Waals surface area (Å²) in [5.41, 5.74) is 0. The second-order valence-electron chi connectivity index (χ2n) is 4.53. The topological polar surface area (TPSA) is 47.8 Å². The Bertz CT molecular complexity index is 350. The first-order valence-corrected chi connectivity index (χ1v) is 5.56. The molecule has 0 amide bonds. The van der Waals surface area contributed by atoms with E-state index in [1.165, 1.54) is 6.33 Å². The third-order valence-corrected chi connectivity index (χ3v) is 3.32. The van der Waals surface area contributed by atoms with E-state index in [0.717, 1.165) is 31.6 Å². The van der Waals surface area contributed by atoms with E-state index in [0.29, 0.717) is 5.82 Å². The quantitative estimate of drug-likeness (QED) is 0.695. The van der Waals surface area contributed by atoms with Gasteiger partial charge in [-0.3, -0.25) is 4.79 Å². The van der Waals surface area contributed by atoms with Crippen LogP contribution in [0.3, 0.4) is 0 Å². The van der Waals surface area contributed by atoms with Crippen LogP contribution in [-0.2, 0) is 7.05 Å². The van der Waals surface area contributed by atoms with E-state index in [1.807, 2.05) is 0 Å². The Morgan fingerprint density at radius 1 is 1.40 bits per heavy atom. The average molecular weight is 207 g/mol. The van der Waals surface area contributed by atoms with Crippen LogP contribution in [-0.4, -0.2) is 20.5 Å². The van der Waals surface area contributed by atoms with Crippen LogP contribution in [0.2, 0.25) is 0 Å². The van der Waals surface area contributed by atoms with Crippen molar-refractivity contribution in [2.24, 2.45) is 18.9 Å². The molecule has 4 nitrogen and oxygen atoms in total. The molecule has 0 spiro atoms. The zero-order valence-corrected chi connectivity index (χ0v) is 9.31. The van der Waals surface area contributed by atoms with Crippen LogP contribution in [0.1, 0.15) is 43.2 Å². The number of rotatable bonds is 2. The van der Waals surface area contributed by atoms with Crippen LogP contribution in [0.5, 0.6) is 0 Å². The van der Waals surface area contributed by atoms with E-state index >= 15 is 0 Å². The Labute approximate surface area is 89.7 Å². The van der Waals surface area contributed by atoms with Gasteiger partial charge in [0.15, 0.2) is 5.82 Å². The van der Waals surface area contributed by atoms with Crippen molar-refractivity contribution in [3.05, 3.63) is 12.2 Å². The number of carbonyl (C=O) groups is 1. The number of carbonyl (C=O) groups excluding carboxylic acids is 1. The SMILES string of the molecule is CC1CCC(C(=O)c2ncnn2C)CC1. The monoisotopic (exact) mass is 207 g/mol. The van der Waals surface area contributed by atoms with E-state index in [-0.39, 0.29) is 11.7 Å². The number of nitrogens with zero attached hydrogens (tertiary/aromatic N) is 3. The fraction of sp³-hybridized carbons (Fsp3) is 0.727. The highest BCUT2D eigenvalue weighted by Gasteiger charge is 2.27. The van der Waals surface area contributed by atoms with Crippen LogP contribution < -0.4 is 0 Å². The average Bonchev–Trinajstić information content (AvgIpc) is 2.65. The second-order valence-corrected chi connectivity index (χ2v) is 4.53. The molecule has 0 aliphatic heterocycles. The zero-order valence-electron chi connectivity index (χ0n) is 9.31. The zero-order chi connectivity index (χ0) is 10.8. The molecule has 1 aromatic rings. The number of hydrogen-bond acceptors (Lipinski definition) is 3. The molecular formula is C11H17N3O. The van der Waals surface area contributed by atoms with Gasteiger partial charge in [0.05, 0.1) is 0 Å². The summed E-state index contributed by atoms with van der Waals surface area (Å²) in [4.78, 5) is 16.1. The standard InChI is InChI=1S/C11H17N3O/c1-8-3-5-9(6-4-8)10(15)11-12-7-13-14(11)2/h7-9H,3-6H2,1-2H3. The largest absolute Gasteiger partial charge is 0.290 e. The summed E-state index contributed by atoms with van der Waals surface area (Å²) in [7, 11) is 1.77. The van der Waals surface area contributed by atoms with Gasteiger partial charge in [0, 0.05) is 13.0 Å². The van der Waals surface area contributed by atoms with Gasteiger partial charge in [-0.25, -0.2) is 9.67 Å². The van der Waals surface area contributed by atoms with Crippen LogP contribution in [0.25, 0.3) is 0 Å². The summed E-state index contributed by atoms with van der Waals surface area (Å²) < 4.78 is 1.57. The van der Waals surface area contributed by atoms with Crippen molar-refractivity contribution in [3.63, 3.8) is 0 Å². The maximum absolute atomic E-state index is 12.1. The van der Waals surface area contributed by atoms with Crippen LogP contribution in [0.15, 0.2) is 6.33 Å². The van der Waals surface area contributed by atoms with Gasteiger partial charge in [-0.2, -0.15) is 5.10 Å². The lowest BCUT2D eigenvalue weighted by Gasteiger charge is -2.24. The van der Waals surface area contributed by atoms with Crippen LogP contribution in [0, 0.1) is 11.8 Å². The van der Waals surface area contributed by atoms with Gasteiger partial charge in [0.2, 0.25) is 5.78 Å². The van der Waals surface area contributed by atoms with Crippen LogP contribution in [0.4, 0.5) is 0 Å². The molecule has 4 heteroatoms. The number of Topliss-reactive ketones (excluding diaryl/α,β-unsaturated/α-hetero) is 1. The smallest absolute Gasteiger partial charge is 0.202 e. The fourth-order valence-corrected chi connectivity index (χ4v) is 2.22. The Kier molecular flexibility index (Phi) is 2.84. The normalized spacial score (nSPS) is 26.5. The number of aryl methyl sites for hydroxylation is 1. The molecule has 2 rings (SSSR count). The minimum Gasteiger partial charge on any atom is -0.290 e. The lowest BCUT2D eigenvalue weighted by Crippen LogP contribution is -2.23. The molecule has 1 aromatic heterocycles. The maximum atomic E-state index is 12.1. The first-order chi connectivity index (χ1) is 7.18. The highest BCUT2D eigenvalue weighted by atomic mass is 16.1. The first kappa shape index (κ1) is 10.3. The molecule has 0 aromatic carbocycles. The molecule has 0 bridgehead atoms. The minimum atomic E-state index is 0.168. The summed E-state index contributed by atoms with van der Waals surface area (Å²) in [5.74, 6) is 1.62. The Balaban J connectivity index is 2.06. The van der Waals surface area contributed by atoms with Gasteiger partial charge in [0.1, 0.15) is 6.33 Å². The van der Waals surface area contributed by atoms with Crippen molar-refractivity contribution in [2.75, 3.05) is 0 Å². The molecule has 0 N–H and O–H groups in total. The first-order valence-electron chi connectivity index (χ1n) is 5.56. The molecule has 0 saturated heterocycles. The van der Waals surface area contributed by atoms with Gasteiger partial charge >= 0.3 is 0 Å². The highest BCUT2D eigenvalue weighted by molar-refractivity contribution is 5.94. The highest BCUT2D eigenvalue weighted by Crippen LogP contribution is 2.29. The van der Waals surface area contributed by atoms with Crippen molar-refractivity contribution in [1.82, 2.24) is 14.8 Å². The molecule has 15 heavy (non-hydrogen) atoms. The van der Waals surface area contributed by atoms with Gasteiger partial charge in [0.25, 0.3) is 0 Å². The van der Waals surface area contributed by atoms with Gasteiger partial charge in [-0.1, -0.05) is 19.8 Å². The Morgan fingerprint density at radius 2 is 2.07 bits per heavy atom. The third-order valence-electron chi connectivity index (χ3n) is 3.32. The van der Waals surface area contributed by atoms with Crippen molar-refractivity contribution < 1.29 is 4.79 Å². The van der Waals surface area contributed by atoms with E-state index in [1.54, 1.807) is 11.7 Å². The van der Waals surface area contributed by atoms with Crippen LogP contribution >= 0.6 is 0 Å². The van der Waals surface area contributed by atoms with Gasteiger partial charge in [-0.05, 0) is 18.8 Å². The van der Waals surface area contributed by atoms with Crippen molar-refractivity contribution in [1.29, 1.82) is 0 Å². The predicted octanol–water partition coefficient (Wildman–Crippen LogP) is 1.82. The molecule has 0 atom stereocenters. The van der Waals surface area contributed by atoms with E-state index in [9.17, 15) is 4.79 Å². The molecule has 1 aliphatic rings.